The number of carbonyl (C=O) groups excluding carboxylic acids is 1. The van der Waals surface area contributed by atoms with Gasteiger partial charge in [0.2, 0.25) is 0 Å². The van der Waals surface area contributed by atoms with Gasteiger partial charge < -0.3 is 9.84 Å². The second-order valence-corrected chi connectivity index (χ2v) is 6.21. The molecule has 1 saturated carbocycles. The Kier molecular flexibility index (Phi) is 6.03. The predicted molar refractivity (Wildman–Crippen MR) is 87.8 cm³/mol. The zero-order valence-electron chi connectivity index (χ0n) is 13.5. The monoisotopic (exact) mass is 389 g/mol. The molecular formula is C17H15ClF3NO4. The van der Waals surface area contributed by atoms with E-state index in [4.69, 9.17) is 18.0 Å². The molecule has 0 aliphatic heterocycles. The van der Waals surface area contributed by atoms with Gasteiger partial charge in [-0.05, 0) is 24.8 Å². The first-order valence-corrected chi connectivity index (χ1v) is 8.09. The number of benzene rings is 1. The van der Waals surface area contributed by atoms with Crippen LogP contribution in [0.15, 0.2) is 12.1 Å². The molecule has 1 amide bonds. The predicted octanol–water partition coefficient (Wildman–Crippen LogP) is 3.83. The van der Waals surface area contributed by atoms with Gasteiger partial charge in [0.25, 0.3) is 0 Å². The van der Waals surface area contributed by atoms with Crippen LogP contribution in [-0.4, -0.2) is 29.1 Å². The van der Waals surface area contributed by atoms with Crippen molar-refractivity contribution in [3.63, 3.8) is 0 Å². The number of carbonyl (C=O) groups is 2. The Bertz CT molecular complexity index is 734. The molecule has 1 N–H and O–H groups in total. The first-order valence-electron chi connectivity index (χ1n) is 7.71. The molecule has 9 heteroatoms. The average Bonchev–Trinajstić information content (AvgIpc) is 2.58. The van der Waals surface area contributed by atoms with E-state index in [-0.39, 0.29) is 18.5 Å². The normalized spacial score (nSPS) is 16.0. The number of carboxylic acid groups (broad SMARTS) is 1. The van der Waals surface area contributed by atoms with Gasteiger partial charge in [-0.2, -0.15) is 8.78 Å². The number of anilines is 1. The SMILES string of the molecule is C#CC(=O)N(c1cc(F)c(OC(F)F)c(Cl)c1)C1(C(=O)O)CCCCC1. The molecule has 1 aliphatic carbocycles. The summed E-state index contributed by atoms with van der Waals surface area (Å²) in [4.78, 5) is 25.1. The van der Waals surface area contributed by atoms with Crippen molar-refractivity contribution in [2.75, 3.05) is 4.90 Å². The quantitative estimate of drug-likeness (QED) is 0.777. The van der Waals surface area contributed by atoms with Crippen LogP contribution in [0.2, 0.25) is 5.02 Å². The first-order chi connectivity index (χ1) is 12.2. The molecule has 0 aromatic heterocycles. The summed E-state index contributed by atoms with van der Waals surface area (Å²) in [6.07, 6.45) is 7.24. The Morgan fingerprint density at radius 1 is 1.31 bits per heavy atom. The van der Waals surface area contributed by atoms with Gasteiger partial charge in [0.15, 0.2) is 11.6 Å². The lowest BCUT2D eigenvalue weighted by Crippen LogP contribution is -2.58. The van der Waals surface area contributed by atoms with Crippen molar-refractivity contribution in [2.45, 2.75) is 44.3 Å². The van der Waals surface area contributed by atoms with E-state index < -0.39 is 40.6 Å². The number of aliphatic carboxylic acids is 1. The standard InChI is InChI=1S/C17H15ClF3NO4/c1-2-13(23)22(17(15(24)25)6-4-3-5-7-17)10-8-11(18)14(12(19)9-10)26-16(20)21/h1,8-9,16H,3-7H2,(H,24,25). The Morgan fingerprint density at radius 3 is 2.38 bits per heavy atom. The number of carboxylic acids is 1. The van der Waals surface area contributed by atoms with Gasteiger partial charge in [0, 0.05) is 6.07 Å². The zero-order valence-corrected chi connectivity index (χ0v) is 14.2. The maximum absolute atomic E-state index is 14.2. The summed E-state index contributed by atoms with van der Waals surface area (Å²) < 4.78 is 43.0. The molecule has 26 heavy (non-hydrogen) atoms. The number of hydrogen-bond acceptors (Lipinski definition) is 3. The van der Waals surface area contributed by atoms with Crippen molar-refractivity contribution in [1.29, 1.82) is 0 Å². The Hall–Kier alpha value is -2.40. The van der Waals surface area contributed by atoms with Crippen LogP contribution >= 0.6 is 11.6 Å². The lowest BCUT2D eigenvalue weighted by Gasteiger charge is -2.42. The number of alkyl halides is 2. The molecular weight excluding hydrogens is 375 g/mol. The molecule has 1 aliphatic rings. The van der Waals surface area contributed by atoms with Crippen LogP contribution in [0.5, 0.6) is 5.75 Å². The van der Waals surface area contributed by atoms with Crippen LogP contribution in [0.1, 0.15) is 32.1 Å². The van der Waals surface area contributed by atoms with Gasteiger partial charge in [0.1, 0.15) is 5.54 Å². The second-order valence-electron chi connectivity index (χ2n) is 5.80. The van der Waals surface area contributed by atoms with E-state index in [9.17, 15) is 27.9 Å². The maximum atomic E-state index is 14.2. The minimum Gasteiger partial charge on any atom is -0.479 e. The molecule has 1 fully saturated rings. The molecule has 140 valence electrons. The van der Waals surface area contributed by atoms with Crippen molar-refractivity contribution in [2.24, 2.45) is 0 Å². The highest BCUT2D eigenvalue weighted by Gasteiger charge is 2.48. The third kappa shape index (κ3) is 3.73. The smallest absolute Gasteiger partial charge is 0.387 e. The van der Waals surface area contributed by atoms with Gasteiger partial charge in [-0.15, -0.1) is 6.42 Å². The van der Waals surface area contributed by atoms with E-state index in [1.165, 1.54) is 0 Å². The minimum absolute atomic E-state index is 0.115. The number of nitrogens with zero attached hydrogens (tertiary/aromatic N) is 1. The van der Waals surface area contributed by atoms with E-state index >= 15 is 0 Å². The molecule has 0 bridgehead atoms. The molecule has 0 spiro atoms. The van der Waals surface area contributed by atoms with Gasteiger partial charge >= 0.3 is 18.5 Å². The number of terminal acetylenes is 1. The fourth-order valence-electron chi connectivity index (χ4n) is 3.17. The van der Waals surface area contributed by atoms with E-state index in [2.05, 4.69) is 4.74 Å². The molecule has 0 heterocycles. The second kappa shape index (κ2) is 7.87. The molecule has 0 radical (unpaired) electrons. The fraction of sp³-hybridized carbons (Fsp3) is 0.412. The van der Waals surface area contributed by atoms with Crippen molar-refractivity contribution in [1.82, 2.24) is 0 Å². The van der Waals surface area contributed by atoms with Crippen molar-refractivity contribution < 1.29 is 32.6 Å². The fourth-order valence-corrected chi connectivity index (χ4v) is 3.42. The summed E-state index contributed by atoms with van der Waals surface area (Å²) in [6.45, 7) is -3.31. The van der Waals surface area contributed by atoms with E-state index in [0.29, 0.717) is 18.9 Å². The summed E-state index contributed by atoms with van der Waals surface area (Å²) >= 11 is 5.80. The van der Waals surface area contributed by atoms with Crippen LogP contribution in [0.25, 0.3) is 0 Å². The molecule has 1 aromatic carbocycles. The number of amides is 1. The van der Waals surface area contributed by atoms with Gasteiger partial charge in [-0.25, -0.2) is 9.18 Å². The van der Waals surface area contributed by atoms with Crippen LogP contribution in [0.3, 0.4) is 0 Å². The van der Waals surface area contributed by atoms with Crippen molar-refractivity contribution in [3.8, 4) is 18.1 Å². The van der Waals surface area contributed by atoms with Crippen LogP contribution in [-0.2, 0) is 9.59 Å². The molecule has 0 unspecified atom stereocenters. The zero-order chi connectivity index (χ0) is 19.5. The van der Waals surface area contributed by atoms with E-state index in [1.807, 2.05) is 5.92 Å². The highest BCUT2D eigenvalue weighted by Crippen LogP contribution is 2.41. The third-order valence-corrected chi connectivity index (χ3v) is 4.56. The third-order valence-electron chi connectivity index (χ3n) is 4.28. The average molecular weight is 390 g/mol. The van der Waals surface area contributed by atoms with Crippen LogP contribution < -0.4 is 9.64 Å². The summed E-state index contributed by atoms with van der Waals surface area (Å²) in [5, 5.41) is 9.23. The van der Waals surface area contributed by atoms with Gasteiger partial charge in [-0.3, -0.25) is 9.69 Å². The topological polar surface area (TPSA) is 66.8 Å². The number of halogens is 4. The highest BCUT2D eigenvalue weighted by molar-refractivity contribution is 6.32. The number of hydrogen-bond donors (Lipinski definition) is 1. The van der Waals surface area contributed by atoms with Crippen molar-refractivity contribution >= 4 is 29.2 Å². The summed E-state index contributed by atoms with van der Waals surface area (Å²) in [5.74, 6) is -2.61. The molecule has 5 nitrogen and oxygen atoms in total. The highest BCUT2D eigenvalue weighted by atomic mass is 35.5. The Balaban J connectivity index is 2.60. The lowest BCUT2D eigenvalue weighted by atomic mass is 9.79. The molecule has 0 saturated heterocycles. The van der Waals surface area contributed by atoms with Crippen molar-refractivity contribution in [3.05, 3.63) is 23.0 Å². The largest absolute Gasteiger partial charge is 0.479 e. The van der Waals surface area contributed by atoms with Gasteiger partial charge in [-0.1, -0.05) is 30.9 Å². The Labute approximate surface area is 152 Å². The van der Waals surface area contributed by atoms with Gasteiger partial charge in [0.05, 0.1) is 10.7 Å². The molecule has 2 rings (SSSR count). The molecule has 0 atom stereocenters. The Morgan fingerprint density at radius 2 is 1.92 bits per heavy atom. The number of ether oxygens (including phenoxy) is 1. The molecule has 1 aromatic rings. The first kappa shape index (κ1) is 19.9. The lowest BCUT2D eigenvalue weighted by molar-refractivity contribution is -0.146. The number of rotatable bonds is 5. The summed E-state index contributed by atoms with van der Waals surface area (Å²) in [5.41, 5.74) is -1.90. The minimum atomic E-state index is -3.31. The van der Waals surface area contributed by atoms with Crippen LogP contribution in [0.4, 0.5) is 18.9 Å². The summed E-state index contributed by atoms with van der Waals surface area (Å²) in [6, 6.07) is 1.69. The van der Waals surface area contributed by atoms with Crippen LogP contribution in [0, 0.1) is 18.2 Å². The van der Waals surface area contributed by atoms with E-state index in [1.54, 1.807) is 0 Å². The summed E-state index contributed by atoms with van der Waals surface area (Å²) in [7, 11) is 0. The maximum Gasteiger partial charge on any atom is 0.387 e. The van der Waals surface area contributed by atoms with E-state index in [0.717, 1.165) is 17.4 Å².